The lowest BCUT2D eigenvalue weighted by Gasteiger charge is -2.31. The second-order valence-corrected chi connectivity index (χ2v) is 12.4. The van der Waals surface area contributed by atoms with Gasteiger partial charge in [-0.15, -0.1) is 0 Å². The number of aliphatic hydroxyl groups excluding tert-OH is 1. The van der Waals surface area contributed by atoms with E-state index in [1.165, 1.54) is 0 Å². The Morgan fingerprint density at radius 2 is 1.70 bits per heavy atom. The molecule has 1 heterocycles. The van der Waals surface area contributed by atoms with Gasteiger partial charge in [0.1, 0.15) is 17.2 Å². The summed E-state index contributed by atoms with van der Waals surface area (Å²) in [5, 5.41) is 9.07. The monoisotopic (exact) mass is 751 g/mol. The average molecular weight is 753 g/mol. The maximum Gasteiger partial charge on any atom is 0.266 e. The molecule has 1 aliphatic rings. The molecule has 3 N–H and O–H groups in total. The van der Waals surface area contributed by atoms with E-state index in [9.17, 15) is 4.79 Å². The van der Waals surface area contributed by atoms with Crippen molar-refractivity contribution in [2.75, 3.05) is 27.4 Å². The van der Waals surface area contributed by atoms with Gasteiger partial charge < -0.3 is 24.1 Å². The summed E-state index contributed by atoms with van der Waals surface area (Å²) in [7, 11) is 3.19. The van der Waals surface area contributed by atoms with Crippen molar-refractivity contribution in [3.8, 4) is 17.2 Å². The molecule has 11 heteroatoms. The summed E-state index contributed by atoms with van der Waals surface area (Å²) in [5.74, 6) is 1.94. The van der Waals surface area contributed by atoms with Gasteiger partial charge >= 0.3 is 0 Å². The highest BCUT2D eigenvalue weighted by molar-refractivity contribution is 9.10. The summed E-state index contributed by atoms with van der Waals surface area (Å²) in [6.07, 6.45) is 0.0369. The Labute approximate surface area is 285 Å². The first-order chi connectivity index (χ1) is 22.4. The predicted molar refractivity (Wildman–Crippen MR) is 183 cm³/mol. The van der Waals surface area contributed by atoms with Crippen molar-refractivity contribution >= 4 is 43.7 Å². The average Bonchev–Trinajstić information content (AvgIpc) is 3.46. The zero-order valence-electron chi connectivity index (χ0n) is 25.5. The molecule has 4 aromatic rings. The van der Waals surface area contributed by atoms with Crippen molar-refractivity contribution in [3.05, 3.63) is 122 Å². The standard InChI is InChI=1S/C35H35Br2N3O6/c1-43-28-17-12-25(31(20-28)44-2)22-38-40-34(42)35(21-23-8-13-26(36)14-9-23)32(29-6-3-4-7-30(29)37)46-33(39-35)24-10-15-27(16-11-24)45-19-5-18-41/h3-4,6-17,20,32,38,41H,5,18-19,21-22H2,1-2H3,(H,40,42)/t32-,35-/m0/s1. The number of aliphatic imine (C=N–C) groups is 1. The first-order valence-corrected chi connectivity index (χ1v) is 16.3. The Bertz CT molecular complexity index is 1670. The zero-order chi connectivity index (χ0) is 32.5. The van der Waals surface area contributed by atoms with Crippen LogP contribution in [0.1, 0.15) is 34.8 Å². The van der Waals surface area contributed by atoms with Crippen LogP contribution >= 0.6 is 31.9 Å². The molecule has 0 aromatic heterocycles. The lowest BCUT2D eigenvalue weighted by molar-refractivity contribution is -0.130. The summed E-state index contributed by atoms with van der Waals surface area (Å²) in [6.45, 7) is 0.760. The summed E-state index contributed by atoms with van der Waals surface area (Å²) in [6, 6.07) is 28.4. The molecule has 1 amide bonds. The van der Waals surface area contributed by atoms with Gasteiger partial charge in [0, 0.05) is 57.7 Å². The Morgan fingerprint density at radius 1 is 0.957 bits per heavy atom. The number of amides is 1. The highest BCUT2D eigenvalue weighted by Gasteiger charge is 2.54. The van der Waals surface area contributed by atoms with Crippen molar-refractivity contribution in [1.29, 1.82) is 0 Å². The van der Waals surface area contributed by atoms with Crippen LogP contribution in [0.15, 0.2) is 105 Å². The molecule has 240 valence electrons. The van der Waals surface area contributed by atoms with Crippen LogP contribution in [0.2, 0.25) is 0 Å². The number of hydrogen-bond acceptors (Lipinski definition) is 8. The lowest BCUT2D eigenvalue weighted by atomic mass is 9.82. The molecular formula is C35H35Br2N3O6. The lowest BCUT2D eigenvalue weighted by Crippen LogP contribution is -2.53. The minimum atomic E-state index is -1.39. The number of hydrazine groups is 1. The molecule has 46 heavy (non-hydrogen) atoms. The number of nitrogens with zero attached hydrogens (tertiary/aromatic N) is 1. The van der Waals surface area contributed by atoms with Crippen molar-refractivity contribution < 1.29 is 28.8 Å². The van der Waals surface area contributed by atoms with Crippen LogP contribution in [0.4, 0.5) is 0 Å². The van der Waals surface area contributed by atoms with Crippen LogP contribution in [0, 0.1) is 0 Å². The molecule has 0 fully saturated rings. The Morgan fingerprint density at radius 3 is 2.39 bits per heavy atom. The minimum absolute atomic E-state index is 0.0597. The summed E-state index contributed by atoms with van der Waals surface area (Å²) >= 11 is 7.20. The highest BCUT2D eigenvalue weighted by Crippen LogP contribution is 2.44. The number of nitrogens with one attached hydrogen (secondary N) is 2. The predicted octanol–water partition coefficient (Wildman–Crippen LogP) is 6.31. The van der Waals surface area contributed by atoms with Gasteiger partial charge in [0.25, 0.3) is 5.91 Å². The van der Waals surface area contributed by atoms with Gasteiger partial charge in [0.15, 0.2) is 11.6 Å². The van der Waals surface area contributed by atoms with Crippen molar-refractivity contribution in [2.24, 2.45) is 4.99 Å². The zero-order valence-corrected chi connectivity index (χ0v) is 28.6. The van der Waals surface area contributed by atoms with E-state index in [-0.39, 0.29) is 18.9 Å². The third-order valence-electron chi connectivity index (χ3n) is 7.58. The molecule has 0 saturated carbocycles. The third kappa shape index (κ3) is 7.72. The molecule has 0 spiro atoms. The fourth-order valence-corrected chi connectivity index (χ4v) is 5.94. The molecule has 0 radical (unpaired) electrons. The number of ether oxygens (including phenoxy) is 4. The largest absolute Gasteiger partial charge is 0.497 e. The summed E-state index contributed by atoms with van der Waals surface area (Å²) in [4.78, 5) is 19.6. The molecule has 1 aliphatic heterocycles. The van der Waals surface area contributed by atoms with Crippen LogP contribution in [-0.2, 0) is 22.5 Å². The molecule has 2 atom stereocenters. The number of carbonyl (C=O) groups excluding carboxylic acids is 1. The molecule has 4 aromatic carbocycles. The third-order valence-corrected chi connectivity index (χ3v) is 8.83. The first kappa shape index (κ1) is 33.5. The van der Waals surface area contributed by atoms with Gasteiger partial charge in [-0.25, -0.2) is 10.4 Å². The highest BCUT2D eigenvalue weighted by atomic mass is 79.9. The van der Waals surface area contributed by atoms with E-state index in [4.69, 9.17) is 29.0 Å². The maximum atomic E-state index is 14.5. The SMILES string of the molecule is COc1ccc(CNNC(=O)[C@@]2(Cc3ccc(Br)cc3)N=C(c3ccc(OCCCO)cc3)O[C@H]2c2ccccc2Br)c(OC)c1. The van der Waals surface area contributed by atoms with Crippen LogP contribution in [0.5, 0.6) is 17.2 Å². The maximum absolute atomic E-state index is 14.5. The number of rotatable bonds is 14. The molecule has 0 saturated heterocycles. The van der Waals surface area contributed by atoms with Crippen LogP contribution < -0.4 is 25.1 Å². The van der Waals surface area contributed by atoms with Gasteiger partial charge in [-0.05, 0) is 54.1 Å². The second kappa shape index (κ2) is 15.6. The molecule has 0 bridgehead atoms. The van der Waals surface area contributed by atoms with E-state index in [1.807, 2.05) is 84.9 Å². The van der Waals surface area contributed by atoms with Crippen LogP contribution in [0.25, 0.3) is 0 Å². The fourth-order valence-electron chi connectivity index (χ4n) is 5.19. The fraction of sp³-hybridized carbons (Fsp3) is 0.257. The summed E-state index contributed by atoms with van der Waals surface area (Å²) in [5.41, 5.74) is 7.86. The Kier molecular flexibility index (Phi) is 11.3. The van der Waals surface area contributed by atoms with Gasteiger partial charge in [0.2, 0.25) is 5.90 Å². The molecule has 0 unspecified atom stereocenters. The van der Waals surface area contributed by atoms with Gasteiger partial charge in [-0.1, -0.05) is 68.3 Å². The van der Waals surface area contributed by atoms with Crippen molar-refractivity contribution in [3.63, 3.8) is 0 Å². The van der Waals surface area contributed by atoms with E-state index in [0.29, 0.717) is 48.3 Å². The summed E-state index contributed by atoms with van der Waals surface area (Å²) < 4.78 is 24.9. The number of carbonyl (C=O) groups is 1. The van der Waals surface area contributed by atoms with Gasteiger partial charge in [0.05, 0.1) is 20.8 Å². The number of hydrogen-bond donors (Lipinski definition) is 3. The van der Waals surface area contributed by atoms with E-state index >= 15 is 0 Å². The van der Waals surface area contributed by atoms with Crippen LogP contribution in [0.3, 0.4) is 0 Å². The van der Waals surface area contributed by atoms with Crippen molar-refractivity contribution in [2.45, 2.75) is 31.0 Å². The van der Waals surface area contributed by atoms with Gasteiger partial charge in [-0.3, -0.25) is 10.2 Å². The van der Waals surface area contributed by atoms with Gasteiger partial charge in [-0.2, -0.15) is 0 Å². The Balaban J connectivity index is 1.51. The smallest absolute Gasteiger partial charge is 0.266 e. The van der Waals surface area contributed by atoms with E-state index in [2.05, 4.69) is 42.7 Å². The first-order valence-electron chi connectivity index (χ1n) is 14.7. The molecule has 5 rings (SSSR count). The minimum Gasteiger partial charge on any atom is -0.497 e. The van der Waals surface area contributed by atoms with Crippen molar-refractivity contribution in [1.82, 2.24) is 10.9 Å². The second-order valence-electron chi connectivity index (χ2n) is 10.6. The quantitative estimate of drug-likeness (QED) is 0.102. The van der Waals surface area contributed by atoms with E-state index < -0.39 is 11.6 Å². The normalized spacial score (nSPS) is 17.2. The van der Waals surface area contributed by atoms with E-state index in [0.717, 1.165) is 25.6 Å². The molecular weight excluding hydrogens is 718 g/mol. The molecule has 9 nitrogen and oxygen atoms in total. The Hall–Kier alpha value is -3.90. The number of halogens is 2. The number of benzene rings is 4. The topological polar surface area (TPSA) is 111 Å². The number of aliphatic hydroxyl groups is 1. The number of methoxy groups -OCH3 is 2. The van der Waals surface area contributed by atoms with Crippen LogP contribution in [-0.4, -0.2) is 49.9 Å². The molecule has 0 aliphatic carbocycles. The van der Waals surface area contributed by atoms with E-state index in [1.54, 1.807) is 20.3 Å².